The second kappa shape index (κ2) is 3.83. The summed E-state index contributed by atoms with van der Waals surface area (Å²) in [5.74, 6) is 0. The normalized spacial score (nSPS) is 16.8. The lowest BCUT2D eigenvalue weighted by Gasteiger charge is -2.27. The quantitative estimate of drug-likeness (QED) is 0.664. The minimum absolute atomic E-state index is 0.381. The van der Waals surface area contributed by atoms with E-state index in [1.807, 2.05) is 6.92 Å². The molecule has 1 aliphatic rings. The standard InChI is InChI=1S/C10H14ClN3/c1-3-14-5-4-9-8(6-14)7(2)12-10(11)13-9/h3-6H2,1-2H3. The zero-order valence-corrected chi connectivity index (χ0v) is 9.30. The summed E-state index contributed by atoms with van der Waals surface area (Å²) in [6, 6.07) is 0. The van der Waals surface area contributed by atoms with Gasteiger partial charge in [-0.25, -0.2) is 9.97 Å². The molecule has 2 heterocycles. The Labute approximate surface area is 89.1 Å². The van der Waals surface area contributed by atoms with E-state index >= 15 is 0 Å². The molecule has 0 unspecified atom stereocenters. The molecule has 0 aromatic carbocycles. The molecular weight excluding hydrogens is 198 g/mol. The maximum absolute atomic E-state index is 5.82. The van der Waals surface area contributed by atoms with Gasteiger partial charge in [0.1, 0.15) is 0 Å². The van der Waals surface area contributed by atoms with Gasteiger partial charge in [-0.15, -0.1) is 0 Å². The molecule has 4 heteroatoms. The third-order valence-corrected chi connectivity index (χ3v) is 2.94. The van der Waals surface area contributed by atoms with Gasteiger partial charge in [-0.1, -0.05) is 6.92 Å². The van der Waals surface area contributed by atoms with Crippen LogP contribution in [0.1, 0.15) is 23.9 Å². The summed E-state index contributed by atoms with van der Waals surface area (Å²) in [5.41, 5.74) is 3.42. The van der Waals surface area contributed by atoms with Gasteiger partial charge >= 0.3 is 0 Å². The van der Waals surface area contributed by atoms with E-state index in [2.05, 4.69) is 21.8 Å². The lowest BCUT2D eigenvalue weighted by molar-refractivity contribution is 0.264. The molecule has 1 aromatic heterocycles. The molecule has 0 bridgehead atoms. The van der Waals surface area contributed by atoms with Crippen molar-refractivity contribution < 1.29 is 0 Å². The van der Waals surface area contributed by atoms with Crippen molar-refractivity contribution in [3.63, 3.8) is 0 Å². The molecule has 0 N–H and O–H groups in total. The first-order valence-electron chi connectivity index (χ1n) is 4.95. The van der Waals surface area contributed by atoms with Gasteiger partial charge in [0.25, 0.3) is 0 Å². The summed E-state index contributed by atoms with van der Waals surface area (Å²) < 4.78 is 0. The van der Waals surface area contributed by atoms with Crippen molar-refractivity contribution in [3.05, 3.63) is 22.2 Å². The fourth-order valence-electron chi connectivity index (χ4n) is 1.87. The Hall–Kier alpha value is -0.670. The lowest BCUT2D eigenvalue weighted by Crippen LogP contribution is -2.31. The predicted octanol–water partition coefficient (Wildman–Crippen LogP) is 1.82. The molecule has 0 radical (unpaired) electrons. The molecule has 0 saturated carbocycles. The first-order valence-corrected chi connectivity index (χ1v) is 5.32. The summed E-state index contributed by atoms with van der Waals surface area (Å²) in [5, 5.41) is 0.381. The van der Waals surface area contributed by atoms with Crippen LogP contribution in [0.2, 0.25) is 5.28 Å². The SMILES string of the molecule is CCN1CCc2nc(Cl)nc(C)c2C1. The fourth-order valence-corrected chi connectivity index (χ4v) is 2.10. The van der Waals surface area contributed by atoms with Crippen LogP contribution in [0.4, 0.5) is 0 Å². The first kappa shape index (κ1) is 9.87. The molecular formula is C10H14ClN3. The number of hydrogen-bond donors (Lipinski definition) is 0. The van der Waals surface area contributed by atoms with E-state index in [0.29, 0.717) is 5.28 Å². The Kier molecular flexibility index (Phi) is 2.70. The van der Waals surface area contributed by atoms with Gasteiger partial charge in [0, 0.05) is 30.8 Å². The van der Waals surface area contributed by atoms with Crippen molar-refractivity contribution >= 4 is 11.6 Å². The van der Waals surface area contributed by atoms with Gasteiger partial charge in [0.2, 0.25) is 5.28 Å². The largest absolute Gasteiger partial charge is 0.299 e. The molecule has 3 nitrogen and oxygen atoms in total. The highest BCUT2D eigenvalue weighted by molar-refractivity contribution is 6.28. The van der Waals surface area contributed by atoms with E-state index in [0.717, 1.165) is 37.4 Å². The van der Waals surface area contributed by atoms with Crippen molar-refractivity contribution in [1.29, 1.82) is 0 Å². The Morgan fingerprint density at radius 1 is 1.43 bits per heavy atom. The first-order chi connectivity index (χ1) is 6.70. The Bertz CT molecular complexity index is 351. The van der Waals surface area contributed by atoms with E-state index in [-0.39, 0.29) is 0 Å². The molecule has 0 spiro atoms. The van der Waals surface area contributed by atoms with E-state index in [4.69, 9.17) is 11.6 Å². The van der Waals surface area contributed by atoms with Crippen LogP contribution in [-0.2, 0) is 13.0 Å². The second-order valence-electron chi connectivity index (χ2n) is 3.62. The highest BCUT2D eigenvalue weighted by atomic mass is 35.5. The van der Waals surface area contributed by atoms with Crippen molar-refractivity contribution in [3.8, 4) is 0 Å². The zero-order valence-electron chi connectivity index (χ0n) is 8.55. The maximum Gasteiger partial charge on any atom is 0.222 e. The molecule has 0 fully saturated rings. The number of hydrogen-bond acceptors (Lipinski definition) is 3. The molecule has 1 aliphatic heterocycles. The van der Waals surface area contributed by atoms with Crippen molar-refractivity contribution in [1.82, 2.24) is 14.9 Å². The van der Waals surface area contributed by atoms with Gasteiger partial charge < -0.3 is 0 Å². The molecule has 0 amide bonds. The van der Waals surface area contributed by atoms with Crippen LogP contribution in [0.5, 0.6) is 0 Å². The van der Waals surface area contributed by atoms with E-state index in [1.165, 1.54) is 5.56 Å². The summed E-state index contributed by atoms with van der Waals surface area (Å²) in [6.45, 7) is 7.31. The van der Waals surface area contributed by atoms with E-state index in [1.54, 1.807) is 0 Å². The molecule has 76 valence electrons. The second-order valence-corrected chi connectivity index (χ2v) is 3.96. The molecule has 0 saturated heterocycles. The van der Waals surface area contributed by atoms with Crippen LogP contribution >= 0.6 is 11.6 Å². The average Bonchev–Trinajstić information content (AvgIpc) is 2.17. The van der Waals surface area contributed by atoms with Crippen molar-refractivity contribution in [2.45, 2.75) is 26.8 Å². The highest BCUT2D eigenvalue weighted by Crippen LogP contribution is 2.20. The number of likely N-dealkylation sites (N-methyl/N-ethyl adjacent to an activating group) is 1. The number of rotatable bonds is 1. The smallest absolute Gasteiger partial charge is 0.222 e. The average molecular weight is 212 g/mol. The molecule has 0 aliphatic carbocycles. The summed E-state index contributed by atoms with van der Waals surface area (Å²) in [7, 11) is 0. The summed E-state index contributed by atoms with van der Waals surface area (Å²) in [4.78, 5) is 10.8. The number of aromatic nitrogens is 2. The minimum Gasteiger partial charge on any atom is -0.299 e. The van der Waals surface area contributed by atoms with E-state index < -0.39 is 0 Å². The number of fused-ring (bicyclic) bond motifs is 1. The topological polar surface area (TPSA) is 29.0 Å². The summed E-state index contributed by atoms with van der Waals surface area (Å²) >= 11 is 5.82. The van der Waals surface area contributed by atoms with Crippen molar-refractivity contribution in [2.24, 2.45) is 0 Å². The third kappa shape index (κ3) is 1.74. The van der Waals surface area contributed by atoms with Crippen LogP contribution < -0.4 is 0 Å². The zero-order chi connectivity index (χ0) is 10.1. The fraction of sp³-hybridized carbons (Fsp3) is 0.600. The summed E-state index contributed by atoms with van der Waals surface area (Å²) in [6.07, 6.45) is 0.992. The van der Waals surface area contributed by atoms with Crippen LogP contribution in [-0.4, -0.2) is 28.0 Å². The number of nitrogens with zero attached hydrogens (tertiary/aromatic N) is 3. The van der Waals surface area contributed by atoms with Gasteiger partial charge in [0.15, 0.2) is 0 Å². The van der Waals surface area contributed by atoms with Crippen LogP contribution in [0, 0.1) is 6.92 Å². The molecule has 1 aromatic rings. The highest BCUT2D eigenvalue weighted by Gasteiger charge is 2.19. The Morgan fingerprint density at radius 3 is 2.93 bits per heavy atom. The number of aryl methyl sites for hydroxylation is 1. The van der Waals surface area contributed by atoms with Gasteiger partial charge in [-0.05, 0) is 25.1 Å². The van der Waals surface area contributed by atoms with Crippen LogP contribution in [0.25, 0.3) is 0 Å². The third-order valence-electron chi connectivity index (χ3n) is 2.77. The molecule has 0 atom stereocenters. The van der Waals surface area contributed by atoms with Crippen LogP contribution in [0.15, 0.2) is 0 Å². The Morgan fingerprint density at radius 2 is 2.21 bits per heavy atom. The Balaban J connectivity index is 2.37. The van der Waals surface area contributed by atoms with Gasteiger partial charge in [-0.3, -0.25) is 4.90 Å². The monoisotopic (exact) mass is 211 g/mol. The lowest BCUT2D eigenvalue weighted by atomic mass is 10.0. The predicted molar refractivity (Wildman–Crippen MR) is 56.4 cm³/mol. The van der Waals surface area contributed by atoms with E-state index in [9.17, 15) is 0 Å². The minimum atomic E-state index is 0.381. The van der Waals surface area contributed by atoms with Crippen LogP contribution in [0.3, 0.4) is 0 Å². The maximum atomic E-state index is 5.82. The molecule has 2 rings (SSSR count). The van der Waals surface area contributed by atoms with Crippen molar-refractivity contribution in [2.75, 3.05) is 13.1 Å². The number of halogens is 1. The van der Waals surface area contributed by atoms with Gasteiger partial charge in [-0.2, -0.15) is 0 Å². The van der Waals surface area contributed by atoms with Gasteiger partial charge in [0.05, 0.1) is 5.69 Å². The molecule has 14 heavy (non-hydrogen) atoms.